The number of nitrogen functional groups attached to an aromatic ring is 1. The quantitative estimate of drug-likeness (QED) is 0.295. The molecule has 7 rings (SSSR count). The molecule has 4 heterocycles. The lowest BCUT2D eigenvalue weighted by molar-refractivity contribution is 0.538. The molecule has 0 radical (unpaired) electrons. The maximum Gasteiger partial charge on any atom is 0.263 e. The fraction of sp³-hybridized carbons (Fsp3) is 0.156. The Balaban J connectivity index is 1.46. The molecule has 0 aliphatic heterocycles. The average molecular weight is 542 g/mol. The summed E-state index contributed by atoms with van der Waals surface area (Å²) in [5, 5.41) is 7.22. The van der Waals surface area contributed by atoms with Crippen LogP contribution in [0.25, 0.3) is 49.9 Å². The summed E-state index contributed by atoms with van der Waals surface area (Å²) in [5.74, 6) is 1.01. The molecule has 9 heteroatoms. The predicted octanol–water partition coefficient (Wildman–Crippen LogP) is 5.75. The van der Waals surface area contributed by atoms with Gasteiger partial charge in [-0.1, -0.05) is 43.3 Å². The molecule has 7 aromatic rings. The van der Waals surface area contributed by atoms with Gasteiger partial charge in [0.25, 0.3) is 5.56 Å². The summed E-state index contributed by atoms with van der Waals surface area (Å²) in [7, 11) is 0. The van der Waals surface area contributed by atoms with Gasteiger partial charge in [-0.3, -0.25) is 9.36 Å². The maximum atomic E-state index is 14.1. The molecule has 202 valence electrons. The summed E-state index contributed by atoms with van der Waals surface area (Å²) in [4.78, 5) is 27.5. The van der Waals surface area contributed by atoms with Crippen LogP contribution in [-0.4, -0.2) is 29.3 Å². The minimum absolute atomic E-state index is 0.0704. The van der Waals surface area contributed by atoms with Crippen LogP contribution in [0.3, 0.4) is 0 Å². The highest BCUT2D eigenvalue weighted by atomic mass is 16.3. The van der Waals surface area contributed by atoms with Crippen molar-refractivity contribution in [2.75, 3.05) is 5.73 Å². The van der Waals surface area contributed by atoms with E-state index in [4.69, 9.17) is 15.2 Å². The van der Waals surface area contributed by atoms with Crippen molar-refractivity contribution < 1.29 is 4.42 Å². The third kappa shape index (κ3) is 3.97. The number of aryl methyl sites for hydroxylation is 3. The van der Waals surface area contributed by atoms with E-state index in [1.165, 1.54) is 6.33 Å². The standard InChI is InChI=1S/C32H27N7O2/c1-4-26-36-23-15-21(12-13-25(23)41-26)29-28-30(33)34-17-35-31(28)38(37-29)16-22-14-20-10-7-9-19(3)27(20)32(40)39(22)24-11-6-5-8-18(24)2/h5-15,17H,4,16H2,1-3H3,(H2,33,34,35). The van der Waals surface area contributed by atoms with Crippen LogP contribution in [0.2, 0.25) is 0 Å². The lowest BCUT2D eigenvalue weighted by atomic mass is 10.1. The van der Waals surface area contributed by atoms with Gasteiger partial charge in [0.05, 0.1) is 23.0 Å². The largest absolute Gasteiger partial charge is 0.441 e. The van der Waals surface area contributed by atoms with Crippen molar-refractivity contribution >= 4 is 38.7 Å². The van der Waals surface area contributed by atoms with Gasteiger partial charge in [-0.15, -0.1) is 0 Å². The SMILES string of the molecule is CCc1nc2cc(-c3nn(Cc4cc5cccc(C)c5c(=O)n4-c4ccccc4C)c4ncnc(N)c34)ccc2o1. The topological polar surface area (TPSA) is 118 Å². The molecule has 0 spiro atoms. The Kier molecular flexibility index (Phi) is 5.67. The number of benzene rings is 3. The van der Waals surface area contributed by atoms with E-state index in [0.29, 0.717) is 45.8 Å². The Labute approximate surface area is 234 Å². The number of pyridine rings is 1. The van der Waals surface area contributed by atoms with E-state index >= 15 is 0 Å². The van der Waals surface area contributed by atoms with Crippen LogP contribution in [0.5, 0.6) is 0 Å². The number of rotatable bonds is 5. The lowest BCUT2D eigenvalue weighted by Crippen LogP contribution is -2.25. The summed E-state index contributed by atoms with van der Waals surface area (Å²) < 4.78 is 9.38. The molecule has 3 aromatic carbocycles. The third-order valence-corrected chi connectivity index (χ3v) is 7.57. The maximum absolute atomic E-state index is 14.1. The third-order valence-electron chi connectivity index (χ3n) is 7.57. The van der Waals surface area contributed by atoms with Crippen molar-refractivity contribution in [2.45, 2.75) is 33.7 Å². The van der Waals surface area contributed by atoms with Gasteiger partial charge in [0.1, 0.15) is 23.4 Å². The van der Waals surface area contributed by atoms with Gasteiger partial charge in [-0.2, -0.15) is 5.10 Å². The molecule has 0 aliphatic carbocycles. The van der Waals surface area contributed by atoms with Crippen molar-refractivity contribution in [1.29, 1.82) is 0 Å². The number of para-hydroxylation sites is 1. The van der Waals surface area contributed by atoms with Gasteiger partial charge in [0.15, 0.2) is 17.1 Å². The zero-order valence-electron chi connectivity index (χ0n) is 22.9. The Bertz CT molecular complexity index is 2190. The van der Waals surface area contributed by atoms with Gasteiger partial charge in [-0.05, 0) is 60.7 Å². The van der Waals surface area contributed by atoms with E-state index in [2.05, 4.69) is 21.0 Å². The summed E-state index contributed by atoms with van der Waals surface area (Å²) >= 11 is 0. The van der Waals surface area contributed by atoms with Crippen molar-refractivity contribution in [3.63, 3.8) is 0 Å². The predicted molar refractivity (Wildman–Crippen MR) is 160 cm³/mol. The number of anilines is 1. The summed E-state index contributed by atoms with van der Waals surface area (Å²) in [6.07, 6.45) is 2.14. The highest BCUT2D eigenvalue weighted by Gasteiger charge is 2.21. The number of fused-ring (bicyclic) bond motifs is 3. The normalized spacial score (nSPS) is 11.7. The minimum atomic E-state index is -0.0704. The zero-order chi connectivity index (χ0) is 28.2. The average Bonchev–Trinajstić information content (AvgIpc) is 3.55. The molecule has 0 atom stereocenters. The molecule has 4 aromatic heterocycles. The van der Waals surface area contributed by atoms with E-state index in [9.17, 15) is 4.79 Å². The van der Waals surface area contributed by atoms with Crippen molar-refractivity contribution in [3.8, 4) is 16.9 Å². The van der Waals surface area contributed by atoms with E-state index in [1.807, 2.05) is 81.4 Å². The smallest absolute Gasteiger partial charge is 0.263 e. The van der Waals surface area contributed by atoms with E-state index in [0.717, 1.165) is 39.0 Å². The summed E-state index contributed by atoms with van der Waals surface area (Å²) in [6.45, 7) is 6.26. The fourth-order valence-electron chi connectivity index (χ4n) is 5.55. The molecule has 0 bridgehead atoms. The van der Waals surface area contributed by atoms with Crippen LogP contribution in [0.4, 0.5) is 5.82 Å². The molecular formula is C32H27N7O2. The van der Waals surface area contributed by atoms with Gasteiger partial charge < -0.3 is 10.2 Å². The highest BCUT2D eigenvalue weighted by molar-refractivity contribution is 5.99. The number of hydrogen-bond acceptors (Lipinski definition) is 7. The van der Waals surface area contributed by atoms with E-state index in [1.54, 1.807) is 9.25 Å². The van der Waals surface area contributed by atoms with Crippen molar-refractivity contribution in [1.82, 2.24) is 29.3 Å². The first-order valence-corrected chi connectivity index (χ1v) is 13.5. The molecule has 0 amide bonds. The second kappa shape index (κ2) is 9.41. The van der Waals surface area contributed by atoms with Gasteiger partial charge in [0.2, 0.25) is 0 Å². The van der Waals surface area contributed by atoms with Crippen LogP contribution < -0.4 is 11.3 Å². The first-order valence-electron chi connectivity index (χ1n) is 13.5. The first kappa shape index (κ1) is 24.7. The second-order valence-corrected chi connectivity index (χ2v) is 10.2. The molecule has 0 fully saturated rings. The van der Waals surface area contributed by atoms with Gasteiger partial charge in [-0.25, -0.2) is 19.6 Å². The number of nitrogens with two attached hydrogens (primary N) is 1. The molecule has 41 heavy (non-hydrogen) atoms. The molecule has 0 unspecified atom stereocenters. The van der Waals surface area contributed by atoms with Crippen LogP contribution in [0, 0.1) is 13.8 Å². The minimum Gasteiger partial charge on any atom is -0.441 e. The lowest BCUT2D eigenvalue weighted by Gasteiger charge is -2.17. The monoisotopic (exact) mass is 541 g/mol. The number of nitrogens with zero attached hydrogens (tertiary/aromatic N) is 6. The van der Waals surface area contributed by atoms with Gasteiger partial charge >= 0.3 is 0 Å². The van der Waals surface area contributed by atoms with Crippen LogP contribution in [-0.2, 0) is 13.0 Å². The Morgan fingerprint density at radius 2 is 1.76 bits per heavy atom. The number of oxazole rings is 1. The fourth-order valence-corrected chi connectivity index (χ4v) is 5.55. The molecule has 0 saturated heterocycles. The number of hydrogen-bond donors (Lipinski definition) is 1. The molecule has 9 nitrogen and oxygen atoms in total. The first-order chi connectivity index (χ1) is 19.9. The van der Waals surface area contributed by atoms with Gasteiger partial charge in [0, 0.05) is 17.7 Å². The number of aromatic nitrogens is 6. The van der Waals surface area contributed by atoms with E-state index < -0.39 is 0 Å². The summed E-state index contributed by atoms with van der Waals surface area (Å²) in [6, 6.07) is 21.6. The van der Waals surface area contributed by atoms with Crippen LogP contribution in [0.1, 0.15) is 29.6 Å². The summed E-state index contributed by atoms with van der Waals surface area (Å²) in [5.41, 5.74) is 13.4. The van der Waals surface area contributed by atoms with Crippen LogP contribution >= 0.6 is 0 Å². The molecule has 0 aliphatic rings. The van der Waals surface area contributed by atoms with Crippen molar-refractivity contribution in [3.05, 3.63) is 106 Å². The van der Waals surface area contributed by atoms with Crippen molar-refractivity contribution in [2.24, 2.45) is 0 Å². The Morgan fingerprint density at radius 3 is 2.59 bits per heavy atom. The van der Waals surface area contributed by atoms with E-state index in [-0.39, 0.29) is 12.1 Å². The second-order valence-electron chi connectivity index (χ2n) is 10.2. The molecule has 0 saturated carbocycles. The zero-order valence-corrected chi connectivity index (χ0v) is 22.9. The highest BCUT2D eigenvalue weighted by Crippen LogP contribution is 2.33. The Hall–Kier alpha value is -5.31. The molecular weight excluding hydrogens is 514 g/mol. The Morgan fingerprint density at radius 1 is 0.927 bits per heavy atom. The van der Waals surface area contributed by atoms with Crippen LogP contribution in [0.15, 0.2) is 82.3 Å². The molecule has 2 N–H and O–H groups in total.